The van der Waals surface area contributed by atoms with Gasteiger partial charge in [0.05, 0.1) is 37.3 Å². The molecule has 0 spiro atoms. The summed E-state index contributed by atoms with van der Waals surface area (Å²) in [7, 11) is -9.96. The molecule has 0 saturated carbocycles. The Morgan fingerprint density at radius 3 is 0.885 bits per heavy atom. The Morgan fingerprint density at radius 1 is 0.459 bits per heavy atom. The van der Waals surface area contributed by atoms with Crippen molar-refractivity contribution in [3.05, 3.63) is 0 Å². The first-order valence-corrected chi connectivity index (χ1v) is 26.2. The van der Waals surface area contributed by atoms with Gasteiger partial charge < -0.3 is 29.0 Å². The number of aliphatic carboxylic acids is 2. The largest absolute Gasteiger partial charge is 2.00 e. The fraction of sp³-hybridized carbons (Fsp3) is 0.909. The van der Waals surface area contributed by atoms with E-state index in [9.17, 15) is 45.7 Å². The van der Waals surface area contributed by atoms with Gasteiger partial charge in [-0.1, -0.05) is 206 Å². The molecule has 0 aromatic heterocycles. The summed E-state index contributed by atoms with van der Waals surface area (Å²) in [6, 6.07) is 0. The molecular weight excluding hydrogens is 841 g/mol. The van der Waals surface area contributed by atoms with Gasteiger partial charge in [-0.05, 0) is 12.8 Å². The van der Waals surface area contributed by atoms with E-state index in [1.165, 1.54) is 154 Å². The van der Waals surface area contributed by atoms with Crippen molar-refractivity contribution in [2.75, 3.05) is 13.2 Å². The molecule has 356 valence electrons. The first kappa shape index (κ1) is 63.8. The van der Waals surface area contributed by atoms with Gasteiger partial charge in [-0.2, -0.15) is 8.42 Å². The van der Waals surface area contributed by atoms with Crippen LogP contribution < -0.4 is 5.11 Å². The van der Waals surface area contributed by atoms with Gasteiger partial charge in [0.1, 0.15) is 10.1 Å². The van der Waals surface area contributed by atoms with Crippen LogP contribution in [0.5, 0.6) is 0 Å². The summed E-state index contributed by atoms with van der Waals surface area (Å²) < 4.78 is 72.6. The maximum Gasteiger partial charge on any atom is 2.00 e. The second-order valence-corrected chi connectivity index (χ2v) is 19.3. The SMILES string of the molecule is CCCCCCCCCCCCCCCCCCOC(=O)CC(C(=O)O)S(=O)(=O)O.CCCCCCCCCCCCCCCCCCOC(=O)CC(C(=O)[O-])S(=O)(=O)[O-].[Mg+2]. The number of hydrogen-bond donors (Lipinski definition) is 2. The fourth-order valence-electron chi connectivity index (χ4n) is 6.72. The third-order valence-corrected chi connectivity index (χ3v) is 12.6. The summed E-state index contributed by atoms with van der Waals surface area (Å²) in [5.41, 5.74) is 0. The summed E-state index contributed by atoms with van der Waals surface area (Å²) in [5.74, 6) is -5.79. The average molecular weight is 924 g/mol. The minimum Gasteiger partial charge on any atom is -0.747 e. The minimum absolute atomic E-state index is 0. The van der Waals surface area contributed by atoms with Gasteiger partial charge >= 0.3 is 41.0 Å². The zero-order chi connectivity index (χ0) is 45.3. The Labute approximate surface area is 385 Å². The number of carboxylic acid groups (broad SMARTS) is 2. The molecule has 2 unspecified atom stereocenters. The topological polar surface area (TPSA) is 242 Å². The molecule has 0 amide bonds. The molecule has 0 radical (unpaired) electrons. The third kappa shape index (κ3) is 44.9. The Kier molecular flexibility index (Phi) is 45.7. The molecule has 0 bridgehead atoms. The number of unbranched alkanes of at least 4 members (excludes halogenated alkanes) is 30. The quantitative estimate of drug-likeness (QED) is 0.0251. The molecule has 14 nitrogen and oxygen atoms in total. The minimum atomic E-state index is -5.13. The van der Waals surface area contributed by atoms with E-state index in [4.69, 9.17) is 19.1 Å². The van der Waals surface area contributed by atoms with Crippen molar-refractivity contribution in [1.82, 2.24) is 0 Å². The van der Waals surface area contributed by atoms with E-state index in [0.29, 0.717) is 12.8 Å². The average Bonchev–Trinajstić information content (AvgIpc) is 3.17. The van der Waals surface area contributed by atoms with Crippen LogP contribution >= 0.6 is 0 Å². The van der Waals surface area contributed by atoms with E-state index in [0.717, 1.165) is 38.5 Å². The fourth-order valence-corrected chi connectivity index (χ4v) is 7.89. The van der Waals surface area contributed by atoms with Crippen molar-refractivity contribution in [2.24, 2.45) is 0 Å². The molecule has 0 aromatic rings. The molecule has 0 aliphatic carbocycles. The van der Waals surface area contributed by atoms with Crippen LogP contribution in [0.3, 0.4) is 0 Å². The smallest absolute Gasteiger partial charge is 0.747 e. The standard InChI is InChI=1S/2C22H42O7S.Mg/c2*1-2-3-4-5-6-7-8-9-10-11-12-13-14-15-16-17-18-29-21(23)19-20(22(24)25)30(26,27)28;/h2*20H,2-19H2,1H3,(H,24,25)(H,26,27,28);/q;;+2/p-2. The summed E-state index contributed by atoms with van der Waals surface area (Å²) in [6.45, 7) is 4.72. The van der Waals surface area contributed by atoms with Gasteiger partial charge in [-0.3, -0.25) is 18.9 Å². The van der Waals surface area contributed by atoms with Crippen LogP contribution in [0.4, 0.5) is 0 Å². The molecule has 17 heteroatoms. The van der Waals surface area contributed by atoms with Gasteiger partial charge in [0.2, 0.25) is 0 Å². The van der Waals surface area contributed by atoms with Gasteiger partial charge in [-0.25, -0.2) is 8.42 Å². The number of carboxylic acids is 2. The molecular formula is C44H82MgO14S2. The van der Waals surface area contributed by atoms with E-state index < -0.39 is 67.5 Å². The molecule has 2 atom stereocenters. The maximum absolute atomic E-state index is 11.5. The summed E-state index contributed by atoms with van der Waals surface area (Å²) in [4.78, 5) is 44.3. The second kappa shape index (κ2) is 43.7. The van der Waals surface area contributed by atoms with Crippen LogP contribution in [-0.4, -0.2) is 102 Å². The molecule has 61 heavy (non-hydrogen) atoms. The van der Waals surface area contributed by atoms with Crippen molar-refractivity contribution in [3.63, 3.8) is 0 Å². The number of hydrogen-bond acceptors (Lipinski definition) is 12. The van der Waals surface area contributed by atoms with Gasteiger partial charge in [0.25, 0.3) is 10.1 Å². The zero-order valence-corrected chi connectivity index (χ0v) is 41.0. The van der Waals surface area contributed by atoms with E-state index in [-0.39, 0.29) is 36.3 Å². The van der Waals surface area contributed by atoms with Crippen molar-refractivity contribution in [1.29, 1.82) is 0 Å². The van der Waals surface area contributed by atoms with Crippen LogP contribution in [0.25, 0.3) is 0 Å². The van der Waals surface area contributed by atoms with Crippen molar-refractivity contribution in [2.45, 2.75) is 243 Å². The summed E-state index contributed by atoms with van der Waals surface area (Å²) in [6.07, 6.45) is 37.5. The second-order valence-electron chi connectivity index (χ2n) is 16.1. The van der Waals surface area contributed by atoms with Gasteiger partial charge in [0.15, 0.2) is 5.25 Å². The molecule has 0 heterocycles. The predicted octanol–water partition coefficient (Wildman–Crippen LogP) is 8.99. The molecule has 0 fully saturated rings. The van der Waals surface area contributed by atoms with Crippen LogP contribution in [0.2, 0.25) is 0 Å². The normalized spacial score (nSPS) is 12.4. The number of ether oxygens (including phenoxy) is 2. The Hall–Kier alpha value is -1.53. The van der Waals surface area contributed by atoms with Crippen LogP contribution in [0, 0.1) is 0 Å². The van der Waals surface area contributed by atoms with Gasteiger partial charge in [0, 0.05) is 0 Å². The van der Waals surface area contributed by atoms with Gasteiger partial charge in [-0.15, -0.1) is 0 Å². The number of carbonyl (C=O) groups excluding carboxylic acids is 3. The number of rotatable bonds is 42. The molecule has 0 saturated heterocycles. The van der Waals surface area contributed by atoms with Crippen molar-refractivity contribution >= 4 is 67.2 Å². The maximum atomic E-state index is 11.5. The predicted molar refractivity (Wildman–Crippen MR) is 237 cm³/mol. The summed E-state index contributed by atoms with van der Waals surface area (Å²) in [5, 5.41) is 14.8. The van der Waals surface area contributed by atoms with Crippen LogP contribution in [-0.2, 0) is 48.9 Å². The Morgan fingerprint density at radius 2 is 0.689 bits per heavy atom. The van der Waals surface area contributed by atoms with Crippen LogP contribution in [0.1, 0.15) is 232 Å². The monoisotopic (exact) mass is 922 g/mol. The van der Waals surface area contributed by atoms with E-state index in [1.807, 2.05) is 0 Å². The molecule has 0 aliphatic rings. The number of carbonyl (C=O) groups is 4. The molecule has 0 aliphatic heterocycles. The molecule has 0 aromatic carbocycles. The third-order valence-electron chi connectivity index (χ3n) is 10.5. The van der Waals surface area contributed by atoms with E-state index in [1.54, 1.807) is 0 Å². The first-order valence-electron chi connectivity index (χ1n) is 23.2. The van der Waals surface area contributed by atoms with Crippen molar-refractivity contribution in [3.8, 4) is 0 Å². The summed E-state index contributed by atoms with van der Waals surface area (Å²) >= 11 is 0. The zero-order valence-electron chi connectivity index (χ0n) is 37.9. The molecule has 0 rings (SSSR count). The van der Waals surface area contributed by atoms with E-state index in [2.05, 4.69) is 13.8 Å². The Balaban J connectivity index is -0.00000109. The molecule has 2 N–H and O–H groups in total. The first-order chi connectivity index (χ1) is 28.6. The van der Waals surface area contributed by atoms with Crippen molar-refractivity contribution < 1.29 is 64.8 Å². The number of esters is 2. The Bertz CT molecular complexity index is 1200. The van der Waals surface area contributed by atoms with E-state index >= 15 is 0 Å². The van der Waals surface area contributed by atoms with Crippen LogP contribution in [0.15, 0.2) is 0 Å².